The standard InChI is InChI=1S/C23H20O2/c1-2-15-12-19(25)13-22-20(15)14-21(16-8-10-18(24)11-9-16)23(22)17-6-4-3-5-7-17/h3-13,24-25H,2,14H2,1H3. The van der Waals surface area contributed by atoms with Crippen molar-refractivity contribution in [1.82, 2.24) is 0 Å². The second-order valence-electron chi connectivity index (χ2n) is 6.43. The van der Waals surface area contributed by atoms with E-state index in [4.69, 9.17) is 0 Å². The van der Waals surface area contributed by atoms with Crippen molar-refractivity contribution in [3.8, 4) is 11.5 Å². The van der Waals surface area contributed by atoms with Crippen molar-refractivity contribution in [2.24, 2.45) is 0 Å². The number of aromatic hydroxyl groups is 2. The van der Waals surface area contributed by atoms with Crippen LogP contribution < -0.4 is 0 Å². The molecule has 0 aliphatic heterocycles. The summed E-state index contributed by atoms with van der Waals surface area (Å²) in [5.74, 6) is 0.587. The Balaban J connectivity index is 1.98. The molecule has 0 aromatic heterocycles. The zero-order valence-electron chi connectivity index (χ0n) is 14.2. The monoisotopic (exact) mass is 328 g/mol. The van der Waals surface area contributed by atoms with E-state index in [1.807, 2.05) is 42.5 Å². The highest BCUT2D eigenvalue weighted by Gasteiger charge is 2.26. The van der Waals surface area contributed by atoms with Crippen LogP contribution in [0.25, 0.3) is 11.1 Å². The van der Waals surface area contributed by atoms with Crippen LogP contribution in [0, 0.1) is 0 Å². The van der Waals surface area contributed by atoms with Crippen LogP contribution in [-0.4, -0.2) is 10.2 Å². The largest absolute Gasteiger partial charge is 0.508 e. The first-order valence-corrected chi connectivity index (χ1v) is 8.60. The Morgan fingerprint density at radius 3 is 2.20 bits per heavy atom. The Hall–Kier alpha value is -3.00. The Bertz CT molecular complexity index is 951. The van der Waals surface area contributed by atoms with Crippen molar-refractivity contribution in [3.05, 3.63) is 94.5 Å². The van der Waals surface area contributed by atoms with Crippen molar-refractivity contribution in [2.75, 3.05) is 0 Å². The van der Waals surface area contributed by atoms with Gasteiger partial charge in [-0.1, -0.05) is 49.4 Å². The molecule has 0 radical (unpaired) electrons. The third-order valence-corrected chi connectivity index (χ3v) is 4.91. The van der Waals surface area contributed by atoms with Gasteiger partial charge in [0.05, 0.1) is 0 Å². The van der Waals surface area contributed by atoms with Crippen LogP contribution in [-0.2, 0) is 12.8 Å². The number of fused-ring (bicyclic) bond motifs is 1. The van der Waals surface area contributed by atoms with Gasteiger partial charge in [-0.05, 0) is 76.1 Å². The van der Waals surface area contributed by atoms with E-state index in [2.05, 4.69) is 19.1 Å². The summed E-state index contributed by atoms with van der Waals surface area (Å²) in [6.07, 6.45) is 1.73. The molecule has 0 saturated heterocycles. The number of allylic oxidation sites excluding steroid dienone is 1. The summed E-state index contributed by atoms with van der Waals surface area (Å²) in [7, 11) is 0. The van der Waals surface area contributed by atoms with Crippen molar-refractivity contribution in [1.29, 1.82) is 0 Å². The van der Waals surface area contributed by atoms with E-state index in [-0.39, 0.29) is 5.75 Å². The Kier molecular flexibility index (Phi) is 3.81. The van der Waals surface area contributed by atoms with E-state index in [1.54, 1.807) is 12.1 Å². The maximum Gasteiger partial charge on any atom is 0.116 e. The molecule has 0 atom stereocenters. The molecule has 0 unspecified atom stereocenters. The normalized spacial score (nSPS) is 13.2. The summed E-state index contributed by atoms with van der Waals surface area (Å²) >= 11 is 0. The van der Waals surface area contributed by atoms with Gasteiger partial charge in [-0.2, -0.15) is 0 Å². The van der Waals surface area contributed by atoms with Gasteiger partial charge in [-0.3, -0.25) is 0 Å². The van der Waals surface area contributed by atoms with Crippen molar-refractivity contribution in [2.45, 2.75) is 19.8 Å². The molecule has 4 rings (SSSR count). The molecule has 0 saturated carbocycles. The first kappa shape index (κ1) is 15.5. The first-order valence-electron chi connectivity index (χ1n) is 8.60. The highest BCUT2D eigenvalue weighted by Crippen LogP contribution is 2.45. The van der Waals surface area contributed by atoms with Gasteiger partial charge in [0, 0.05) is 0 Å². The average molecular weight is 328 g/mol. The molecule has 2 N–H and O–H groups in total. The minimum atomic E-state index is 0.271. The molecule has 0 amide bonds. The molecule has 124 valence electrons. The molecule has 2 nitrogen and oxygen atoms in total. The number of phenols is 2. The van der Waals surface area contributed by atoms with Gasteiger partial charge in [0.25, 0.3) is 0 Å². The van der Waals surface area contributed by atoms with Crippen LogP contribution in [0.4, 0.5) is 0 Å². The molecule has 25 heavy (non-hydrogen) atoms. The van der Waals surface area contributed by atoms with Gasteiger partial charge >= 0.3 is 0 Å². The molecule has 3 aromatic carbocycles. The molecule has 1 aliphatic carbocycles. The average Bonchev–Trinajstić information content (AvgIpc) is 3.01. The van der Waals surface area contributed by atoms with E-state index >= 15 is 0 Å². The van der Waals surface area contributed by atoms with Crippen molar-refractivity contribution < 1.29 is 10.2 Å². The van der Waals surface area contributed by atoms with E-state index < -0.39 is 0 Å². The molecule has 0 bridgehead atoms. The summed E-state index contributed by atoms with van der Waals surface area (Å²) in [5, 5.41) is 19.8. The van der Waals surface area contributed by atoms with E-state index in [0.29, 0.717) is 5.75 Å². The van der Waals surface area contributed by atoms with Gasteiger partial charge in [-0.25, -0.2) is 0 Å². The highest BCUT2D eigenvalue weighted by molar-refractivity contribution is 6.04. The lowest BCUT2D eigenvalue weighted by molar-refractivity contribution is 0.474. The van der Waals surface area contributed by atoms with Crippen LogP contribution in [0.1, 0.15) is 34.7 Å². The number of rotatable bonds is 3. The third kappa shape index (κ3) is 2.70. The maximum absolute atomic E-state index is 10.2. The molecular weight excluding hydrogens is 308 g/mol. The second kappa shape index (κ2) is 6.14. The minimum absolute atomic E-state index is 0.271. The zero-order valence-corrected chi connectivity index (χ0v) is 14.2. The molecule has 0 heterocycles. The van der Waals surface area contributed by atoms with Gasteiger partial charge in [0.2, 0.25) is 0 Å². The maximum atomic E-state index is 10.2. The number of hydrogen-bond donors (Lipinski definition) is 2. The Morgan fingerprint density at radius 1 is 0.800 bits per heavy atom. The zero-order chi connectivity index (χ0) is 17.4. The fourth-order valence-corrected chi connectivity index (χ4v) is 3.73. The second-order valence-corrected chi connectivity index (χ2v) is 6.43. The van der Waals surface area contributed by atoms with Crippen LogP contribution in [0.15, 0.2) is 66.7 Å². The van der Waals surface area contributed by atoms with Gasteiger partial charge in [-0.15, -0.1) is 0 Å². The van der Waals surface area contributed by atoms with Crippen LogP contribution >= 0.6 is 0 Å². The van der Waals surface area contributed by atoms with Gasteiger partial charge in [0.1, 0.15) is 11.5 Å². The molecule has 0 fully saturated rings. The SMILES string of the molecule is CCc1cc(O)cc2c1CC(c1ccc(O)cc1)=C2c1ccccc1. The molecule has 1 aliphatic rings. The fourth-order valence-electron chi connectivity index (χ4n) is 3.73. The molecule has 2 heteroatoms. The van der Waals surface area contributed by atoms with Crippen LogP contribution in [0.3, 0.4) is 0 Å². The summed E-state index contributed by atoms with van der Waals surface area (Å²) < 4.78 is 0. The third-order valence-electron chi connectivity index (χ3n) is 4.91. The van der Waals surface area contributed by atoms with Crippen molar-refractivity contribution >= 4 is 11.1 Å². The quantitative estimate of drug-likeness (QED) is 0.696. The molecular formula is C23H20O2. The lowest BCUT2D eigenvalue weighted by Gasteiger charge is -2.11. The van der Waals surface area contributed by atoms with Gasteiger partial charge in [0.15, 0.2) is 0 Å². The van der Waals surface area contributed by atoms with Crippen molar-refractivity contribution in [3.63, 3.8) is 0 Å². The van der Waals surface area contributed by atoms with E-state index in [9.17, 15) is 10.2 Å². The highest BCUT2D eigenvalue weighted by atomic mass is 16.3. The number of benzene rings is 3. The summed E-state index contributed by atoms with van der Waals surface area (Å²) in [6, 6.07) is 21.5. The minimum Gasteiger partial charge on any atom is -0.508 e. The lowest BCUT2D eigenvalue weighted by Crippen LogP contribution is -1.93. The Morgan fingerprint density at radius 2 is 1.52 bits per heavy atom. The molecule has 3 aromatic rings. The van der Waals surface area contributed by atoms with Gasteiger partial charge < -0.3 is 10.2 Å². The summed E-state index contributed by atoms with van der Waals surface area (Å²) in [5.41, 5.74) is 8.27. The van der Waals surface area contributed by atoms with E-state index in [0.717, 1.165) is 29.5 Å². The van der Waals surface area contributed by atoms with E-state index in [1.165, 1.54) is 22.3 Å². The topological polar surface area (TPSA) is 40.5 Å². The first-order chi connectivity index (χ1) is 12.2. The van der Waals surface area contributed by atoms with Crippen LogP contribution in [0.5, 0.6) is 11.5 Å². The smallest absolute Gasteiger partial charge is 0.116 e. The predicted molar refractivity (Wildman–Crippen MR) is 102 cm³/mol. The van der Waals surface area contributed by atoms with Crippen LogP contribution in [0.2, 0.25) is 0 Å². The fraction of sp³-hybridized carbons (Fsp3) is 0.130. The summed E-state index contributed by atoms with van der Waals surface area (Å²) in [4.78, 5) is 0. The number of phenolic OH excluding ortho intramolecular Hbond substituents is 2. The number of hydrogen-bond acceptors (Lipinski definition) is 2. The molecule has 0 spiro atoms. The Labute approximate surface area is 147 Å². The predicted octanol–water partition coefficient (Wildman–Crippen LogP) is 5.18. The lowest BCUT2D eigenvalue weighted by atomic mass is 9.94. The number of aryl methyl sites for hydroxylation is 1. The summed E-state index contributed by atoms with van der Waals surface area (Å²) in [6.45, 7) is 2.12.